The highest BCUT2D eigenvalue weighted by molar-refractivity contribution is 5.87. The van der Waals surface area contributed by atoms with Crippen LogP contribution in [0.2, 0.25) is 0 Å². The third-order valence-electron chi connectivity index (χ3n) is 1.98. The van der Waals surface area contributed by atoms with Crippen LogP contribution in [-0.2, 0) is 0 Å². The van der Waals surface area contributed by atoms with Gasteiger partial charge in [-0.2, -0.15) is 0 Å². The summed E-state index contributed by atoms with van der Waals surface area (Å²) in [5, 5.41) is 6.51. The quantitative estimate of drug-likeness (QED) is 0.857. The van der Waals surface area contributed by atoms with E-state index >= 15 is 0 Å². The number of nitrogens with one attached hydrogen (secondary N) is 2. The summed E-state index contributed by atoms with van der Waals surface area (Å²) in [7, 11) is 0. The molecule has 0 saturated carbocycles. The molecule has 0 atom stereocenters. The van der Waals surface area contributed by atoms with Crippen molar-refractivity contribution in [1.29, 1.82) is 0 Å². The summed E-state index contributed by atoms with van der Waals surface area (Å²) in [6.07, 6.45) is 0. The Hall–Kier alpha value is -0.930. The monoisotopic (exact) mass is 247 g/mol. The molecule has 2 N–H and O–H groups in total. The highest BCUT2D eigenvalue weighted by Gasteiger charge is 2.02. The zero-order valence-corrected chi connectivity index (χ0v) is 9.90. The number of rotatable bonds is 3. The number of benzene rings is 1. The van der Waals surface area contributed by atoms with Crippen LogP contribution >= 0.6 is 24.8 Å². The number of para-hydroxylation sites is 1. The molecule has 5 heteroatoms. The SMILES string of the molecule is Cl.Cl.c1ccc(NCC2=NCCN2)cc1. The van der Waals surface area contributed by atoms with E-state index in [1.807, 2.05) is 18.2 Å². The molecule has 1 aliphatic rings. The van der Waals surface area contributed by atoms with Crippen LogP contribution in [0.4, 0.5) is 5.69 Å². The van der Waals surface area contributed by atoms with Crippen LogP contribution in [-0.4, -0.2) is 25.5 Å². The Morgan fingerprint density at radius 3 is 2.53 bits per heavy atom. The molecule has 0 aromatic heterocycles. The Morgan fingerprint density at radius 1 is 1.20 bits per heavy atom. The van der Waals surface area contributed by atoms with Crippen molar-refractivity contribution >= 4 is 36.3 Å². The number of hydrogen-bond donors (Lipinski definition) is 2. The van der Waals surface area contributed by atoms with Gasteiger partial charge in [-0.05, 0) is 12.1 Å². The Bertz CT molecular complexity index is 301. The predicted octanol–water partition coefficient (Wildman–Crippen LogP) is 1.94. The first kappa shape index (κ1) is 14.1. The van der Waals surface area contributed by atoms with Gasteiger partial charge in [-0.1, -0.05) is 18.2 Å². The standard InChI is InChI=1S/C10H13N3.2ClH/c1-2-4-9(5-3-1)13-8-10-11-6-7-12-10;;/h1-5,13H,6-8H2,(H,11,12);2*1H. The van der Waals surface area contributed by atoms with E-state index in [9.17, 15) is 0 Å². The summed E-state index contributed by atoms with van der Waals surface area (Å²) in [6, 6.07) is 10.2. The lowest BCUT2D eigenvalue weighted by Gasteiger charge is -2.05. The number of halogens is 2. The maximum atomic E-state index is 4.29. The third kappa shape index (κ3) is 4.40. The summed E-state index contributed by atoms with van der Waals surface area (Å²) in [5.41, 5.74) is 1.14. The molecule has 15 heavy (non-hydrogen) atoms. The average Bonchev–Trinajstić information content (AvgIpc) is 2.69. The largest absolute Gasteiger partial charge is 0.378 e. The van der Waals surface area contributed by atoms with E-state index in [1.54, 1.807) is 0 Å². The summed E-state index contributed by atoms with van der Waals surface area (Å²) >= 11 is 0. The van der Waals surface area contributed by atoms with E-state index in [4.69, 9.17) is 0 Å². The van der Waals surface area contributed by atoms with Crippen LogP contribution in [0.15, 0.2) is 35.3 Å². The van der Waals surface area contributed by atoms with E-state index in [1.165, 1.54) is 0 Å². The fourth-order valence-corrected chi connectivity index (χ4v) is 1.31. The smallest absolute Gasteiger partial charge is 0.116 e. The summed E-state index contributed by atoms with van der Waals surface area (Å²) in [5.74, 6) is 1.06. The van der Waals surface area contributed by atoms with Gasteiger partial charge < -0.3 is 10.6 Å². The van der Waals surface area contributed by atoms with Crippen molar-refractivity contribution in [1.82, 2.24) is 5.32 Å². The maximum absolute atomic E-state index is 4.29. The number of nitrogens with zero attached hydrogens (tertiary/aromatic N) is 1. The van der Waals surface area contributed by atoms with Crippen LogP contribution < -0.4 is 10.6 Å². The van der Waals surface area contributed by atoms with E-state index in [2.05, 4.69) is 27.8 Å². The molecule has 1 aromatic rings. The fourth-order valence-electron chi connectivity index (χ4n) is 1.31. The lowest BCUT2D eigenvalue weighted by molar-refractivity contribution is 0.956. The van der Waals surface area contributed by atoms with Gasteiger partial charge in [0.15, 0.2) is 0 Å². The summed E-state index contributed by atoms with van der Waals surface area (Å²) in [6.45, 7) is 2.68. The van der Waals surface area contributed by atoms with Crippen molar-refractivity contribution in [2.24, 2.45) is 4.99 Å². The second-order valence-electron chi connectivity index (χ2n) is 2.97. The Morgan fingerprint density at radius 2 is 1.93 bits per heavy atom. The van der Waals surface area contributed by atoms with Crippen LogP contribution in [0.3, 0.4) is 0 Å². The molecule has 2 rings (SSSR count). The third-order valence-corrected chi connectivity index (χ3v) is 1.98. The summed E-state index contributed by atoms with van der Waals surface area (Å²) < 4.78 is 0. The second kappa shape index (κ2) is 7.37. The molecule has 0 bridgehead atoms. The lowest BCUT2D eigenvalue weighted by Crippen LogP contribution is -2.25. The number of anilines is 1. The van der Waals surface area contributed by atoms with Crippen LogP contribution in [0, 0.1) is 0 Å². The first-order valence-corrected chi connectivity index (χ1v) is 4.51. The molecule has 0 amide bonds. The minimum Gasteiger partial charge on any atom is -0.378 e. The Balaban J connectivity index is 0.000000980. The van der Waals surface area contributed by atoms with Crippen LogP contribution in [0.1, 0.15) is 0 Å². The highest BCUT2D eigenvalue weighted by Crippen LogP contribution is 2.03. The highest BCUT2D eigenvalue weighted by atomic mass is 35.5. The lowest BCUT2D eigenvalue weighted by atomic mass is 10.3. The van der Waals surface area contributed by atoms with Gasteiger partial charge in [-0.3, -0.25) is 4.99 Å². The van der Waals surface area contributed by atoms with E-state index in [-0.39, 0.29) is 24.8 Å². The topological polar surface area (TPSA) is 36.4 Å². The van der Waals surface area contributed by atoms with Crippen molar-refractivity contribution in [2.45, 2.75) is 0 Å². The molecule has 0 fully saturated rings. The molecule has 1 aliphatic heterocycles. The molecule has 1 aromatic carbocycles. The molecule has 0 radical (unpaired) electrons. The molecule has 84 valence electrons. The van der Waals surface area contributed by atoms with Crippen molar-refractivity contribution in [3.05, 3.63) is 30.3 Å². The first-order valence-electron chi connectivity index (χ1n) is 4.51. The molecular formula is C10H15Cl2N3. The molecule has 0 saturated heterocycles. The van der Waals surface area contributed by atoms with Gasteiger partial charge in [0.1, 0.15) is 5.84 Å². The van der Waals surface area contributed by atoms with Crippen molar-refractivity contribution < 1.29 is 0 Å². The molecular weight excluding hydrogens is 233 g/mol. The molecule has 0 aliphatic carbocycles. The van der Waals surface area contributed by atoms with Crippen molar-refractivity contribution in [2.75, 3.05) is 25.0 Å². The van der Waals surface area contributed by atoms with Gasteiger partial charge in [0.2, 0.25) is 0 Å². The fraction of sp³-hybridized carbons (Fsp3) is 0.300. The zero-order valence-electron chi connectivity index (χ0n) is 8.27. The van der Waals surface area contributed by atoms with E-state index in [0.29, 0.717) is 0 Å². The average molecular weight is 248 g/mol. The second-order valence-corrected chi connectivity index (χ2v) is 2.97. The number of amidine groups is 1. The predicted molar refractivity (Wildman–Crippen MR) is 69.7 cm³/mol. The van der Waals surface area contributed by atoms with Crippen molar-refractivity contribution in [3.8, 4) is 0 Å². The van der Waals surface area contributed by atoms with E-state index in [0.717, 1.165) is 31.2 Å². The van der Waals surface area contributed by atoms with Gasteiger partial charge in [0.25, 0.3) is 0 Å². The molecule has 1 heterocycles. The van der Waals surface area contributed by atoms with Crippen LogP contribution in [0.25, 0.3) is 0 Å². The molecule has 0 spiro atoms. The van der Waals surface area contributed by atoms with Gasteiger partial charge in [0, 0.05) is 12.2 Å². The summed E-state index contributed by atoms with van der Waals surface area (Å²) in [4.78, 5) is 4.29. The Kier molecular flexibility index (Phi) is 6.92. The zero-order chi connectivity index (χ0) is 8.93. The minimum absolute atomic E-state index is 0. The Labute approximate surface area is 102 Å². The van der Waals surface area contributed by atoms with Crippen molar-refractivity contribution in [3.63, 3.8) is 0 Å². The maximum Gasteiger partial charge on any atom is 0.116 e. The molecule has 3 nitrogen and oxygen atoms in total. The first-order chi connectivity index (χ1) is 6.45. The van der Waals surface area contributed by atoms with Gasteiger partial charge in [-0.25, -0.2) is 0 Å². The van der Waals surface area contributed by atoms with Crippen LogP contribution in [0.5, 0.6) is 0 Å². The van der Waals surface area contributed by atoms with Gasteiger partial charge >= 0.3 is 0 Å². The number of aliphatic imine (C=N–C) groups is 1. The number of hydrogen-bond acceptors (Lipinski definition) is 3. The van der Waals surface area contributed by atoms with E-state index < -0.39 is 0 Å². The minimum atomic E-state index is 0. The normalized spacial score (nSPS) is 12.9. The van der Waals surface area contributed by atoms with Gasteiger partial charge in [0.05, 0.1) is 13.1 Å². The molecule has 0 unspecified atom stereocenters. The van der Waals surface area contributed by atoms with Gasteiger partial charge in [-0.15, -0.1) is 24.8 Å².